The van der Waals surface area contributed by atoms with Crippen molar-refractivity contribution in [2.45, 2.75) is 32.4 Å². The molecule has 0 aliphatic rings. The maximum atomic E-state index is 13.6. The van der Waals surface area contributed by atoms with E-state index in [1.54, 1.807) is 37.3 Å². The number of alkyl halides is 3. The Labute approximate surface area is 179 Å². The van der Waals surface area contributed by atoms with Crippen molar-refractivity contribution in [3.8, 4) is 0 Å². The first-order valence-electron chi connectivity index (χ1n) is 10.1. The van der Waals surface area contributed by atoms with Crippen LogP contribution in [0.25, 0.3) is 0 Å². The largest absolute Gasteiger partial charge is 0.416 e. The molecular formula is C25H25F4NO. The van der Waals surface area contributed by atoms with Gasteiger partial charge in [0.05, 0.1) is 5.56 Å². The summed E-state index contributed by atoms with van der Waals surface area (Å²) in [5.74, 6) is -0.878. The summed E-state index contributed by atoms with van der Waals surface area (Å²) in [4.78, 5) is 13.4. The summed E-state index contributed by atoms with van der Waals surface area (Å²) >= 11 is 0. The zero-order valence-corrected chi connectivity index (χ0v) is 17.6. The van der Waals surface area contributed by atoms with Gasteiger partial charge in [-0.15, -0.1) is 0 Å². The number of carbonyl (C=O) groups excluding carboxylic acids is 1. The van der Waals surface area contributed by atoms with Crippen molar-refractivity contribution < 1.29 is 22.4 Å². The fraction of sp³-hybridized carbons (Fsp3) is 0.240. The molecule has 0 aliphatic heterocycles. The maximum absolute atomic E-state index is 13.6. The Hall–Kier alpha value is -3.15. The van der Waals surface area contributed by atoms with E-state index in [-0.39, 0.29) is 0 Å². The highest BCUT2D eigenvalue weighted by molar-refractivity contribution is 5.96. The highest BCUT2D eigenvalue weighted by Crippen LogP contribution is 2.41. The minimum atomic E-state index is -4.49. The minimum absolute atomic E-state index is 0.329. The van der Waals surface area contributed by atoms with Crippen LogP contribution in [0.1, 0.15) is 43.0 Å². The minimum Gasteiger partial charge on any atom is -0.355 e. The number of amides is 1. The third kappa shape index (κ3) is 4.95. The Morgan fingerprint density at radius 2 is 1.16 bits per heavy atom. The molecule has 0 aliphatic carbocycles. The van der Waals surface area contributed by atoms with Crippen molar-refractivity contribution in [2.24, 2.45) is 0 Å². The van der Waals surface area contributed by atoms with E-state index >= 15 is 0 Å². The number of hydrogen-bond donors (Lipinski definition) is 1. The molecule has 0 spiro atoms. The average Bonchev–Trinajstić information content (AvgIpc) is 2.78. The van der Waals surface area contributed by atoms with Crippen LogP contribution in [-0.4, -0.2) is 12.5 Å². The van der Waals surface area contributed by atoms with E-state index in [9.17, 15) is 22.4 Å². The smallest absolute Gasteiger partial charge is 0.355 e. The van der Waals surface area contributed by atoms with Crippen LogP contribution in [0.3, 0.4) is 0 Å². The Bertz CT molecular complexity index is 967. The zero-order chi connectivity index (χ0) is 23.1. The first-order chi connectivity index (χ1) is 14.8. The second kappa shape index (κ2) is 10.2. The van der Waals surface area contributed by atoms with Crippen molar-refractivity contribution in [3.63, 3.8) is 0 Å². The van der Waals surface area contributed by atoms with Crippen molar-refractivity contribution in [1.29, 1.82) is 0 Å². The lowest BCUT2D eigenvalue weighted by Crippen LogP contribution is -2.46. The van der Waals surface area contributed by atoms with Crippen LogP contribution < -0.4 is 5.32 Å². The molecule has 31 heavy (non-hydrogen) atoms. The van der Waals surface area contributed by atoms with E-state index in [4.69, 9.17) is 0 Å². The van der Waals surface area contributed by atoms with E-state index in [1.165, 1.54) is 36.4 Å². The van der Waals surface area contributed by atoms with Gasteiger partial charge < -0.3 is 5.32 Å². The van der Waals surface area contributed by atoms with Gasteiger partial charge in [-0.05, 0) is 47.9 Å². The highest BCUT2D eigenvalue weighted by atomic mass is 19.4. The standard InChI is InChI=1S/C23H19F4NO.C2H6/c1-2-28-21(29)22(16-6-4-3-5-7-16,18-12-14-20(24)15-13-18)17-8-10-19(11-9-17)23(25,26)27;1-2/h3-15H,2H2,1H3,(H,28,29);1-2H3. The molecular weight excluding hydrogens is 406 g/mol. The molecule has 0 aromatic heterocycles. The van der Waals surface area contributed by atoms with Gasteiger partial charge >= 0.3 is 6.18 Å². The fourth-order valence-electron chi connectivity index (χ4n) is 3.48. The predicted molar refractivity (Wildman–Crippen MR) is 114 cm³/mol. The number of likely N-dealkylation sites (N-methyl/N-ethyl adjacent to an activating group) is 1. The first kappa shape index (κ1) is 24.1. The maximum Gasteiger partial charge on any atom is 0.416 e. The molecule has 1 unspecified atom stereocenters. The molecule has 0 fully saturated rings. The molecule has 0 radical (unpaired) electrons. The summed E-state index contributed by atoms with van der Waals surface area (Å²) in [6, 6.07) is 18.7. The molecule has 3 rings (SSSR count). The summed E-state index contributed by atoms with van der Waals surface area (Å²) in [7, 11) is 0. The van der Waals surface area contributed by atoms with E-state index < -0.39 is 28.9 Å². The second-order valence-corrected chi connectivity index (χ2v) is 6.56. The van der Waals surface area contributed by atoms with Crippen LogP contribution in [0.5, 0.6) is 0 Å². The number of rotatable bonds is 5. The summed E-state index contributed by atoms with van der Waals surface area (Å²) in [5, 5.41) is 2.79. The van der Waals surface area contributed by atoms with Gasteiger partial charge in [0.25, 0.3) is 0 Å². The second-order valence-electron chi connectivity index (χ2n) is 6.56. The van der Waals surface area contributed by atoms with Crippen LogP contribution in [-0.2, 0) is 16.4 Å². The molecule has 0 saturated carbocycles. The molecule has 2 nitrogen and oxygen atoms in total. The lowest BCUT2D eigenvalue weighted by molar-refractivity contribution is -0.137. The summed E-state index contributed by atoms with van der Waals surface area (Å²) < 4.78 is 52.8. The van der Waals surface area contributed by atoms with Crippen LogP contribution in [0.15, 0.2) is 78.9 Å². The van der Waals surface area contributed by atoms with Gasteiger partial charge in [0.15, 0.2) is 0 Å². The van der Waals surface area contributed by atoms with Gasteiger partial charge in [0.1, 0.15) is 11.2 Å². The van der Waals surface area contributed by atoms with Crippen molar-refractivity contribution in [2.75, 3.05) is 6.54 Å². The number of hydrogen-bond acceptors (Lipinski definition) is 1. The third-order valence-corrected chi connectivity index (χ3v) is 4.81. The van der Waals surface area contributed by atoms with E-state index in [2.05, 4.69) is 5.32 Å². The number of carbonyl (C=O) groups is 1. The summed E-state index contributed by atoms with van der Waals surface area (Å²) in [5.41, 5.74) is -0.865. The topological polar surface area (TPSA) is 29.1 Å². The van der Waals surface area contributed by atoms with Crippen molar-refractivity contribution in [3.05, 3.63) is 107 Å². The highest BCUT2D eigenvalue weighted by Gasteiger charge is 2.44. The van der Waals surface area contributed by atoms with E-state index in [1.807, 2.05) is 13.8 Å². The lowest BCUT2D eigenvalue weighted by Gasteiger charge is -2.34. The summed E-state index contributed by atoms with van der Waals surface area (Å²) in [6.45, 7) is 6.08. The molecule has 1 N–H and O–H groups in total. The van der Waals surface area contributed by atoms with E-state index in [0.29, 0.717) is 23.2 Å². The lowest BCUT2D eigenvalue weighted by atomic mass is 9.68. The molecule has 6 heteroatoms. The molecule has 0 heterocycles. The predicted octanol–water partition coefficient (Wildman–Crippen LogP) is 6.34. The van der Waals surface area contributed by atoms with Crippen LogP contribution in [0.2, 0.25) is 0 Å². The average molecular weight is 431 g/mol. The Morgan fingerprint density at radius 1 is 0.742 bits per heavy atom. The van der Waals surface area contributed by atoms with E-state index in [0.717, 1.165) is 12.1 Å². The molecule has 0 bridgehead atoms. The quantitative estimate of drug-likeness (QED) is 0.371. The third-order valence-electron chi connectivity index (χ3n) is 4.81. The molecule has 3 aromatic carbocycles. The number of halogens is 4. The fourth-order valence-corrected chi connectivity index (χ4v) is 3.48. The SMILES string of the molecule is CC.CCNC(=O)C(c1ccccc1)(c1ccc(F)cc1)c1ccc(C(F)(F)F)cc1. The van der Waals surface area contributed by atoms with Gasteiger partial charge in [0, 0.05) is 6.54 Å². The number of benzene rings is 3. The van der Waals surface area contributed by atoms with Crippen LogP contribution >= 0.6 is 0 Å². The molecule has 0 saturated heterocycles. The van der Waals surface area contributed by atoms with Gasteiger partial charge in [-0.1, -0.05) is 68.4 Å². The van der Waals surface area contributed by atoms with Gasteiger partial charge in [-0.25, -0.2) is 4.39 Å². The Morgan fingerprint density at radius 3 is 1.61 bits per heavy atom. The van der Waals surface area contributed by atoms with Gasteiger partial charge in [0.2, 0.25) is 5.91 Å². The van der Waals surface area contributed by atoms with Gasteiger partial charge in [-0.3, -0.25) is 4.79 Å². The molecule has 1 amide bonds. The Kier molecular flexibility index (Phi) is 7.97. The molecule has 3 aromatic rings. The van der Waals surface area contributed by atoms with Crippen LogP contribution in [0.4, 0.5) is 17.6 Å². The van der Waals surface area contributed by atoms with Crippen molar-refractivity contribution in [1.82, 2.24) is 5.32 Å². The van der Waals surface area contributed by atoms with Crippen LogP contribution in [0, 0.1) is 5.82 Å². The zero-order valence-electron chi connectivity index (χ0n) is 17.6. The van der Waals surface area contributed by atoms with Gasteiger partial charge in [-0.2, -0.15) is 13.2 Å². The summed E-state index contributed by atoms with van der Waals surface area (Å²) in [6.07, 6.45) is -4.49. The Balaban J connectivity index is 0.00000166. The molecule has 1 atom stereocenters. The van der Waals surface area contributed by atoms with Crippen molar-refractivity contribution >= 4 is 5.91 Å². The molecule has 164 valence electrons. The monoisotopic (exact) mass is 431 g/mol. The first-order valence-corrected chi connectivity index (χ1v) is 10.1. The normalized spacial score (nSPS) is 12.9. The number of nitrogens with one attached hydrogen (secondary N) is 1.